The number of nitrogens with zero attached hydrogens (tertiary/aromatic N) is 1. The Bertz CT molecular complexity index is 646. The number of anilines is 1. The highest BCUT2D eigenvalue weighted by Crippen LogP contribution is 2.35. The third-order valence-corrected chi connectivity index (χ3v) is 3.92. The van der Waals surface area contributed by atoms with Crippen molar-refractivity contribution in [2.24, 2.45) is 5.92 Å². The summed E-state index contributed by atoms with van der Waals surface area (Å²) in [6.07, 6.45) is -5.03. The number of carbonyl (C=O) groups is 2. The van der Waals surface area contributed by atoms with Gasteiger partial charge in [0.25, 0.3) is 0 Å². The Morgan fingerprint density at radius 2 is 2.04 bits per heavy atom. The topological polar surface area (TPSA) is 69.6 Å². The third-order valence-electron chi connectivity index (χ3n) is 3.92. The van der Waals surface area contributed by atoms with Crippen LogP contribution < -0.4 is 5.32 Å². The Balaban J connectivity index is 2.12. The van der Waals surface area contributed by atoms with Gasteiger partial charge >= 0.3 is 18.0 Å². The van der Waals surface area contributed by atoms with E-state index >= 15 is 0 Å². The second kappa shape index (κ2) is 6.76. The van der Waals surface area contributed by atoms with Crippen molar-refractivity contribution in [1.82, 2.24) is 4.90 Å². The number of benzene rings is 1. The maximum absolute atomic E-state index is 13.0. The largest absolute Gasteiger partial charge is 0.418 e. The molecule has 9 heteroatoms. The van der Waals surface area contributed by atoms with Gasteiger partial charge in [0, 0.05) is 19.0 Å². The zero-order valence-electron chi connectivity index (χ0n) is 12.7. The predicted octanol–water partition coefficient (Wildman–Crippen LogP) is 2.01. The molecule has 24 heavy (non-hydrogen) atoms. The number of nitrogens with one attached hydrogen (secondary N) is 1. The first-order valence-electron chi connectivity index (χ1n) is 7.24. The molecule has 1 aliphatic heterocycles. The molecule has 0 saturated carbocycles. The number of halogens is 4. The van der Waals surface area contributed by atoms with Gasteiger partial charge in [0.2, 0.25) is 0 Å². The summed E-state index contributed by atoms with van der Waals surface area (Å²) in [6.45, 7) is 1.95. The molecule has 0 spiro atoms. The van der Waals surface area contributed by atoms with Gasteiger partial charge < -0.3 is 15.3 Å². The van der Waals surface area contributed by atoms with Crippen molar-refractivity contribution >= 4 is 17.5 Å². The van der Waals surface area contributed by atoms with E-state index in [1.54, 1.807) is 6.92 Å². The SMILES string of the molecule is CC(O)C1CCN(C(=O)C(=O)Nc2ccc(F)cc2C(F)(F)F)C1. The first-order chi connectivity index (χ1) is 11.1. The molecular formula is C15H16F4N2O3. The lowest BCUT2D eigenvalue weighted by Gasteiger charge is -2.18. The van der Waals surface area contributed by atoms with E-state index < -0.39 is 41.2 Å². The van der Waals surface area contributed by atoms with Crippen molar-refractivity contribution < 1.29 is 32.3 Å². The lowest BCUT2D eigenvalue weighted by atomic mass is 10.0. The minimum Gasteiger partial charge on any atom is -0.393 e. The minimum atomic E-state index is -4.88. The van der Waals surface area contributed by atoms with Crippen LogP contribution in [-0.2, 0) is 15.8 Å². The second-order valence-corrected chi connectivity index (χ2v) is 5.68. The molecule has 0 aliphatic carbocycles. The third kappa shape index (κ3) is 4.02. The Morgan fingerprint density at radius 1 is 1.38 bits per heavy atom. The number of hydrogen-bond acceptors (Lipinski definition) is 3. The van der Waals surface area contributed by atoms with Crippen LogP contribution in [0.2, 0.25) is 0 Å². The number of rotatable bonds is 2. The molecule has 2 unspecified atom stereocenters. The first-order valence-corrected chi connectivity index (χ1v) is 7.24. The molecule has 2 atom stereocenters. The van der Waals surface area contributed by atoms with Gasteiger partial charge in [0.15, 0.2) is 0 Å². The van der Waals surface area contributed by atoms with Gasteiger partial charge in [-0.05, 0) is 31.5 Å². The Labute approximate surface area is 135 Å². The number of likely N-dealkylation sites (tertiary alicyclic amines) is 1. The molecule has 1 aliphatic rings. The van der Waals surface area contributed by atoms with Crippen LogP contribution in [0.3, 0.4) is 0 Å². The number of carbonyl (C=O) groups excluding carboxylic acids is 2. The van der Waals surface area contributed by atoms with Gasteiger partial charge in [0.05, 0.1) is 17.4 Å². The fourth-order valence-electron chi connectivity index (χ4n) is 2.54. The van der Waals surface area contributed by atoms with Crippen molar-refractivity contribution in [3.8, 4) is 0 Å². The zero-order valence-corrected chi connectivity index (χ0v) is 12.7. The highest BCUT2D eigenvalue weighted by atomic mass is 19.4. The second-order valence-electron chi connectivity index (χ2n) is 5.68. The molecule has 2 rings (SSSR count). The van der Waals surface area contributed by atoms with Gasteiger partial charge in [-0.3, -0.25) is 9.59 Å². The molecule has 132 valence electrons. The monoisotopic (exact) mass is 348 g/mol. The molecule has 1 fully saturated rings. The summed E-state index contributed by atoms with van der Waals surface area (Å²) in [7, 11) is 0. The summed E-state index contributed by atoms with van der Waals surface area (Å²) in [5.74, 6) is -3.52. The fraction of sp³-hybridized carbons (Fsp3) is 0.467. The van der Waals surface area contributed by atoms with E-state index in [1.807, 2.05) is 5.32 Å². The standard InChI is InChI=1S/C15H16F4N2O3/c1-8(22)9-4-5-21(7-9)14(24)13(23)20-12-3-2-10(16)6-11(12)15(17,18)19/h2-3,6,8-9,22H,4-5,7H2,1H3,(H,20,23). The Hall–Kier alpha value is -2.16. The predicted molar refractivity (Wildman–Crippen MR) is 76.4 cm³/mol. The summed E-state index contributed by atoms with van der Waals surface area (Å²) in [4.78, 5) is 25.1. The number of amides is 2. The summed E-state index contributed by atoms with van der Waals surface area (Å²) >= 11 is 0. The molecule has 0 aromatic heterocycles. The number of aliphatic hydroxyl groups is 1. The van der Waals surface area contributed by atoms with E-state index in [0.29, 0.717) is 6.42 Å². The molecule has 1 aromatic rings. The zero-order chi connectivity index (χ0) is 18.1. The van der Waals surface area contributed by atoms with E-state index in [2.05, 4.69) is 0 Å². The molecule has 1 aromatic carbocycles. The average Bonchev–Trinajstić information content (AvgIpc) is 2.97. The van der Waals surface area contributed by atoms with Crippen molar-refractivity contribution in [2.75, 3.05) is 18.4 Å². The first kappa shape index (κ1) is 18.2. The van der Waals surface area contributed by atoms with Crippen LogP contribution >= 0.6 is 0 Å². The fourth-order valence-corrected chi connectivity index (χ4v) is 2.54. The maximum Gasteiger partial charge on any atom is 0.418 e. The van der Waals surface area contributed by atoms with Crippen molar-refractivity contribution in [3.63, 3.8) is 0 Å². The molecule has 1 heterocycles. The van der Waals surface area contributed by atoms with Crippen molar-refractivity contribution in [1.29, 1.82) is 0 Å². The normalized spacial score (nSPS) is 19.2. The lowest BCUT2D eigenvalue weighted by Crippen LogP contribution is -2.39. The quantitative estimate of drug-likeness (QED) is 0.635. The highest BCUT2D eigenvalue weighted by Gasteiger charge is 2.36. The van der Waals surface area contributed by atoms with Crippen LogP contribution in [0.15, 0.2) is 18.2 Å². The van der Waals surface area contributed by atoms with Crippen LogP contribution in [0.1, 0.15) is 18.9 Å². The summed E-state index contributed by atoms with van der Waals surface area (Å²) in [5.41, 5.74) is -2.06. The van der Waals surface area contributed by atoms with Crippen LogP contribution in [0.4, 0.5) is 23.2 Å². The molecular weight excluding hydrogens is 332 g/mol. The molecule has 0 bridgehead atoms. The maximum atomic E-state index is 13.0. The van der Waals surface area contributed by atoms with Crippen molar-refractivity contribution in [3.05, 3.63) is 29.6 Å². The Kier molecular flexibility index (Phi) is 5.12. The molecule has 5 nitrogen and oxygen atoms in total. The lowest BCUT2D eigenvalue weighted by molar-refractivity contribution is -0.143. The smallest absolute Gasteiger partial charge is 0.393 e. The van der Waals surface area contributed by atoms with E-state index in [-0.39, 0.29) is 25.1 Å². The summed E-state index contributed by atoms with van der Waals surface area (Å²) < 4.78 is 51.7. The Morgan fingerprint density at radius 3 is 2.58 bits per heavy atom. The molecule has 1 saturated heterocycles. The van der Waals surface area contributed by atoms with Gasteiger partial charge in [0.1, 0.15) is 5.82 Å². The number of alkyl halides is 3. The van der Waals surface area contributed by atoms with Gasteiger partial charge in [-0.15, -0.1) is 0 Å². The van der Waals surface area contributed by atoms with Gasteiger partial charge in [-0.1, -0.05) is 0 Å². The number of aliphatic hydroxyl groups excluding tert-OH is 1. The van der Waals surface area contributed by atoms with Crippen LogP contribution in [-0.4, -0.2) is 41.0 Å². The van der Waals surface area contributed by atoms with Crippen molar-refractivity contribution in [2.45, 2.75) is 25.6 Å². The van der Waals surface area contributed by atoms with Gasteiger partial charge in [-0.25, -0.2) is 4.39 Å². The molecule has 2 amide bonds. The van der Waals surface area contributed by atoms with E-state index in [0.717, 1.165) is 12.1 Å². The minimum absolute atomic E-state index is 0.152. The van der Waals surface area contributed by atoms with Gasteiger partial charge in [-0.2, -0.15) is 13.2 Å². The molecule has 0 radical (unpaired) electrons. The van der Waals surface area contributed by atoms with E-state index in [4.69, 9.17) is 0 Å². The van der Waals surface area contributed by atoms with E-state index in [9.17, 15) is 32.3 Å². The van der Waals surface area contributed by atoms with Crippen LogP contribution in [0.5, 0.6) is 0 Å². The average molecular weight is 348 g/mol. The highest BCUT2D eigenvalue weighted by molar-refractivity contribution is 6.39. The summed E-state index contributed by atoms with van der Waals surface area (Å²) in [6, 6.07) is 1.76. The van der Waals surface area contributed by atoms with Crippen LogP contribution in [0.25, 0.3) is 0 Å². The van der Waals surface area contributed by atoms with Crippen LogP contribution in [0, 0.1) is 11.7 Å². The summed E-state index contributed by atoms with van der Waals surface area (Å²) in [5, 5.41) is 11.4. The number of hydrogen-bond donors (Lipinski definition) is 2. The molecule has 2 N–H and O–H groups in total. The van der Waals surface area contributed by atoms with E-state index in [1.165, 1.54) is 4.90 Å².